The third-order valence-corrected chi connectivity index (χ3v) is 5.21. The highest BCUT2D eigenvalue weighted by Crippen LogP contribution is 2.27. The Balaban J connectivity index is 1.60. The molecule has 1 N–H and O–H groups in total. The van der Waals surface area contributed by atoms with Gasteiger partial charge >= 0.3 is 0 Å². The van der Waals surface area contributed by atoms with Crippen LogP contribution in [0.15, 0.2) is 36.7 Å². The number of nitrogens with one attached hydrogen (secondary N) is 1. The van der Waals surface area contributed by atoms with E-state index in [1.165, 1.54) is 9.71 Å². The number of para-hydroxylation sites is 1. The maximum Gasteiger partial charge on any atom is 0.127 e. The van der Waals surface area contributed by atoms with Crippen LogP contribution in [0.2, 0.25) is 0 Å². The first kappa shape index (κ1) is 13.9. The lowest BCUT2D eigenvalue weighted by molar-refractivity contribution is 0.144. The van der Waals surface area contributed by atoms with E-state index in [1.807, 2.05) is 18.5 Å². The summed E-state index contributed by atoms with van der Waals surface area (Å²) in [7, 11) is 2.06. The van der Waals surface area contributed by atoms with E-state index in [4.69, 9.17) is 4.98 Å². The Morgan fingerprint density at radius 2 is 2.27 bits per heavy atom. The van der Waals surface area contributed by atoms with Crippen molar-refractivity contribution < 1.29 is 0 Å². The topological polar surface area (TPSA) is 46.0 Å². The number of rotatable bonds is 3. The standard InChI is InChI=1S/C16H19N5S/c1-20-8-7-18-16(20)13-10-17-6-9-21(13)11-15-19-12-4-2-3-5-14(12)22-15/h2-5,7-8,13,17H,6,9-11H2,1H3. The lowest BCUT2D eigenvalue weighted by Crippen LogP contribution is -2.46. The van der Waals surface area contributed by atoms with Gasteiger partial charge in [0.1, 0.15) is 10.8 Å². The monoisotopic (exact) mass is 313 g/mol. The van der Waals surface area contributed by atoms with E-state index in [0.717, 1.165) is 37.5 Å². The van der Waals surface area contributed by atoms with Crippen LogP contribution >= 0.6 is 11.3 Å². The maximum atomic E-state index is 4.77. The predicted octanol–water partition coefficient (Wildman–Crippen LogP) is 2.18. The summed E-state index contributed by atoms with van der Waals surface area (Å²) in [4.78, 5) is 11.8. The van der Waals surface area contributed by atoms with Crippen molar-refractivity contribution in [2.75, 3.05) is 19.6 Å². The van der Waals surface area contributed by atoms with Gasteiger partial charge in [0.05, 0.1) is 22.8 Å². The first-order chi connectivity index (χ1) is 10.8. The molecule has 3 heterocycles. The second kappa shape index (κ2) is 5.79. The van der Waals surface area contributed by atoms with E-state index in [0.29, 0.717) is 6.04 Å². The molecule has 3 aromatic rings. The Hall–Kier alpha value is -1.76. The number of hydrogen-bond acceptors (Lipinski definition) is 5. The summed E-state index contributed by atoms with van der Waals surface area (Å²) in [6.07, 6.45) is 3.89. The van der Waals surface area contributed by atoms with Crippen LogP contribution in [0.5, 0.6) is 0 Å². The number of thiazole rings is 1. The smallest absolute Gasteiger partial charge is 0.127 e. The minimum atomic E-state index is 0.306. The summed E-state index contributed by atoms with van der Waals surface area (Å²) in [6.45, 7) is 3.87. The Bertz CT molecular complexity index is 745. The fraction of sp³-hybridized carbons (Fsp3) is 0.375. The summed E-state index contributed by atoms with van der Waals surface area (Å²) < 4.78 is 3.38. The molecule has 114 valence electrons. The molecule has 1 aliphatic rings. The fourth-order valence-electron chi connectivity index (χ4n) is 3.05. The zero-order valence-corrected chi connectivity index (χ0v) is 13.4. The molecular formula is C16H19N5S. The average molecular weight is 313 g/mol. The molecule has 1 aromatic carbocycles. The molecule has 0 bridgehead atoms. The molecule has 1 saturated heterocycles. The number of piperazine rings is 1. The van der Waals surface area contributed by atoms with E-state index in [9.17, 15) is 0 Å². The van der Waals surface area contributed by atoms with E-state index in [1.54, 1.807) is 11.3 Å². The summed E-state index contributed by atoms with van der Waals surface area (Å²) >= 11 is 1.79. The van der Waals surface area contributed by atoms with Crippen molar-refractivity contribution in [1.82, 2.24) is 24.8 Å². The van der Waals surface area contributed by atoms with E-state index in [-0.39, 0.29) is 0 Å². The maximum absolute atomic E-state index is 4.77. The van der Waals surface area contributed by atoms with Gasteiger partial charge in [-0.1, -0.05) is 12.1 Å². The van der Waals surface area contributed by atoms with Crippen molar-refractivity contribution >= 4 is 21.6 Å². The van der Waals surface area contributed by atoms with Crippen LogP contribution in [0.25, 0.3) is 10.2 Å². The molecule has 0 radical (unpaired) electrons. The molecule has 0 aliphatic carbocycles. The number of nitrogens with zero attached hydrogens (tertiary/aromatic N) is 4. The molecule has 2 aromatic heterocycles. The van der Waals surface area contributed by atoms with Crippen molar-refractivity contribution in [2.24, 2.45) is 7.05 Å². The molecule has 1 unspecified atom stereocenters. The van der Waals surface area contributed by atoms with Crippen LogP contribution in [-0.2, 0) is 13.6 Å². The van der Waals surface area contributed by atoms with Gasteiger partial charge in [-0.2, -0.15) is 0 Å². The summed E-state index contributed by atoms with van der Waals surface area (Å²) in [6, 6.07) is 8.66. The molecule has 0 spiro atoms. The first-order valence-corrected chi connectivity index (χ1v) is 8.39. The number of benzene rings is 1. The molecule has 22 heavy (non-hydrogen) atoms. The van der Waals surface area contributed by atoms with Crippen LogP contribution in [0.1, 0.15) is 16.9 Å². The van der Waals surface area contributed by atoms with Gasteiger partial charge < -0.3 is 9.88 Å². The van der Waals surface area contributed by atoms with Gasteiger partial charge in [0.15, 0.2) is 0 Å². The van der Waals surface area contributed by atoms with E-state index < -0.39 is 0 Å². The number of aromatic nitrogens is 3. The van der Waals surface area contributed by atoms with Crippen molar-refractivity contribution in [3.8, 4) is 0 Å². The Labute approximate surface area is 133 Å². The minimum Gasteiger partial charge on any atom is -0.337 e. The van der Waals surface area contributed by atoms with Gasteiger partial charge in [-0.25, -0.2) is 9.97 Å². The second-order valence-corrected chi connectivity index (χ2v) is 6.78. The van der Waals surface area contributed by atoms with Gasteiger partial charge in [0.2, 0.25) is 0 Å². The number of aryl methyl sites for hydroxylation is 1. The molecular weight excluding hydrogens is 294 g/mol. The van der Waals surface area contributed by atoms with Crippen molar-refractivity contribution in [3.63, 3.8) is 0 Å². The zero-order valence-electron chi connectivity index (χ0n) is 12.6. The average Bonchev–Trinajstić information content (AvgIpc) is 3.13. The Morgan fingerprint density at radius 1 is 1.36 bits per heavy atom. The van der Waals surface area contributed by atoms with Crippen molar-refractivity contribution in [3.05, 3.63) is 47.5 Å². The Kier molecular flexibility index (Phi) is 3.65. The second-order valence-electron chi connectivity index (χ2n) is 5.66. The highest BCUT2D eigenvalue weighted by molar-refractivity contribution is 7.18. The molecule has 0 amide bonds. The van der Waals surface area contributed by atoms with Crippen LogP contribution in [0.4, 0.5) is 0 Å². The fourth-order valence-corrected chi connectivity index (χ4v) is 4.04. The lowest BCUT2D eigenvalue weighted by Gasteiger charge is -2.35. The Morgan fingerprint density at radius 3 is 3.09 bits per heavy atom. The van der Waals surface area contributed by atoms with Gasteiger partial charge in [-0.05, 0) is 12.1 Å². The highest BCUT2D eigenvalue weighted by atomic mass is 32.1. The van der Waals surface area contributed by atoms with E-state index >= 15 is 0 Å². The number of fused-ring (bicyclic) bond motifs is 1. The quantitative estimate of drug-likeness (QED) is 0.805. The third kappa shape index (κ3) is 2.54. The lowest BCUT2D eigenvalue weighted by atomic mass is 10.2. The summed E-state index contributed by atoms with van der Waals surface area (Å²) in [5, 5.41) is 4.66. The summed E-state index contributed by atoms with van der Waals surface area (Å²) in [5.74, 6) is 1.12. The van der Waals surface area contributed by atoms with Crippen LogP contribution in [0.3, 0.4) is 0 Å². The minimum absolute atomic E-state index is 0.306. The molecule has 1 aliphatic heterocycles. The molecule has 5 nitrogen and oxygen atoms in total. The zero-order chi connectivity index (χ0) is 14.9. The largest absolute Gasteiger partial charge is 0.337 e. The molecule has 4 rings (SSSR count). The summed E-state index contributed by atoms with van der Waals surface area (Å²) in [5.41, 5.74) is 1.10. The van der Waals surface area contributed by atoms with Gasteiger partial charge in [-0.3, -0.25) is 4.90 Å². The number of hydrogen-bond donors (Lipinski definition) is 1. The van der Waals surface area contributed by atoms with Crippen molar-refractivity contribution in [1.29, 1.82) is 0 Å². The predicted molar refractivity (Wildman–Crippen MR) is 88.8 cm³/mol. The molecule has 1 fully saturated rings. The normalized spacial score (nSPS) is 19.8. The van der Waals surface area contributed by atoms with Crippen LogP contribution in [-0.4, -0.2) is 39.1 Å². The molecule has 1 atom stereocenters. The van der Waals surface area contributed by atoms with Crippen molar-refractivity contribution in [2.45, 2.75) is 12.6 Å². The number of imidazole rings is 1. The van der Waals surface area contributed by atoms with Gasteiger partial charge in [-0.15, -0.1) is 11.3 Å². The molecule has 0 saturated carbocycles. The third-order valence-electron chi connectivity index (χ3n) is 4.19. The van der Waals surface area contributed by atoms with Gasteiger partial charge in [0, 0.05) is 39.1 Å². The highest BCUT2D eigenvalue weighted by Gasteiger charge is 2.27. The first-order valence-electron chi connectivity index (χ1n) is 7.58. The molecule has 6 heteroatoms. The van der Waals surface area contributed by atoms with Gasteiger partial charge in [0.25, 0.3) is 0 Å². The van der Waals surface area contributed by atoms with E-state index in [2.05, 4.69) is 45.0 Å². The van der Waals surface area contributed by atoms with Crippen LogP contribution in [0, 0.1) is 0 Å². The van der Waals surface area contributed by atoms with Crippen LogP contribution < -0.4 is 5.32 Å². The SMILES string of the molecule is Cn1ccnc1C1CNCCN1Cc1nc2ccccc2s1.